The topological polar surface area (TPSA) is 35.5 Å². The van der Waals surface area contributed by atoms with Crippen molar-refractivity contribution in [3.8, 4) is 0 Å². The van der Waals surface area contributed by atoms with Gasteiger partial charge in [-0.1, -0.05) is 0 Å². The Morgan fingerprint density at radius 2 is 2.00 bits per heavy atom. The van der Waals surface area contributed by atoms with Crippen molar-refractivity contribution in [2.24, 2.45) is 0 Å². The van der Waals surface area contributed by atoms with Crippen molar-refractivity contribution < 1.29 is 30.1 Å². The van der Waals surface area contributed by atoms with Gasteiger partial charge in [0.05, 0.1) is 0 Å². The monoisotopic (exact) mass is 208 g/mol. The molecule has 0 saturated heterocycles. The molecule has 0 fully saturated rings. The zero-order chi connectivity index (χ0) is 9.61. The smallest absolute Gasteiger partial charge is 0.386 e. The van der Waals surface area contributed by atoms with Gasteiger partial charge < -0.3 is 4.18 Å². The quantitative estimate of drug-likeness (QED) is 0.520. The third kappa shape index (κ3) is 7.48. The van der Waals surface area contributed by atoms with Gasteiger partial charge in [0.2, 0.25) is 0 Å². The number of hydrogen-bond donors (Lipinski definition) is 0. The van der Waals surface area contributed by atoms with Crippen molar-refractivity contribution in [2.45, 2.75) is 6.18 Å². The van der Waals surface area contributed by atoms with Gasteiger partial charge in [0, 0.05) is 0 Å². The molecule has 0 aliphatic rings. The second kappa shape index (κ2) is 5.09. The van der Waals surface area contributed by atoms with Crippen LogP contribution in [0.2, 0.25) is 0 Å². The average Bonchev–Trinajstić information content (AvgIpc) is 1.95. The Hall–Kier alpha value is -0.630. The van der Waals surface area contributed by atoms with Crippen LogP contribution in [0.5, 0.6) is 0 Å². The second-order valence-electron chi connectivity index (χ2n) is 1.44. The third-order valence-electron chi connectivity index (χ3n) is 0.504. The Kier molecular flexibility index (Phi) is 4.83. The van der Waals surface area contributed by atoms with E-state index in [0.717, 1.165) is 0 Å². The van der Waals surface area contributed by atoms with E-state index in [1.807, 2.05) is 0 Å². The van der Waals surface area contributed by atoms with Gasteiger partial charge in [-0.3, -0.25) is 0 Å². The molecule has 0 aliphatic heterocycles. The summed E-state index contributed by atoms with van der Waals surface area (Å²) in [6.07, 6.45) is -4.40. The third-order valence-corrected chi connectivity index (χ3v) is 1.08. The molecule has 0 aromatic carbocycles. The first-order valence-corrected chi connectivity index (χ1v) is 3.50. The minimum absolute atomic E-state index is 0.130. The minimum atomic E-state index is -4.58. The molecule has 72 valence electrons. The Bertz CT molecular complexity index is 178. The van der Waals surface area contributed by atoms with Crippen LogP contribution in [0.15, 0.2) is 12.6 Å². The molecule has 8 heteroatoms. The van der Waals surface area contributed by atoms with Crippen molar-refractivity contribution in [3.63, 3.8) is 0 Å². The van der Waals surface area contributed by atoms with Gasteiger partial charge in [0.1, 0.15) is 12.6 Å². The van der Waals surface area contributed by atoms with E-state index in [9.17, 15) is 21.8 Å². The molecule has 0 spiro atoms. The van der Waals surface area contributed by atoms with Gasteiger partial charge >= 0.3 is 17.5 Å². The lowest BCUT2D eigenvalue weighted by molar-refractivity contribution is -0.152. The molecule has 0 radical (unpaired) electrons. The van der Waals surface area contributed by atoms with Crippen LogP contribution in [0.3, 0.4) is 0 Å². The van der Waals surface area contributed by atoms with Crippen LogP contribution in [0.1, 0.15) is 0 Å². The molecule has 12 heavy (non-hydrogen) atoms. The van der Waals surface area contributed by atoms with Crippen molar-refractivity contribution in [1.29, 1.82) is 0 Å². The van der Waals surface area contributed by atoms with Gasteiger partial charge in [-0.25, -0.2) is 8.57 Å². The van der Waals surface area contributed by atoms with E-state index in [1.165, 1.54) is 0 Å². The molecule has 0 rings (SSSR count). The van der Waals surface area contributed by atoms with Gasteiger partial charge in [-0.2, -0.15) is 17.4 Å². The standard InChI is InChI=1S/C4H4F4O3S/c5-1-2-10-12(9)11-3-4(6,7)8/h1-2H,3H2. The molecule has 1 atom stereocenters. The molecule has 0 heterocycles. The lowest BCUT2D eigenvalue weighted by Gasteiger charge is -2.04. The first-order valence-electron chi connectivity index (χ1n) is 2.50. The van der Waals surface area contributed by atoms with Crippen molar-refractivity contribution in [2.75, 3.05) is 6.61 Å². The highest BCUT2D eigenvalue weighted by molar-refractivity contribution is 7.75. The summed E-state index contributed by atoms with van der Waals surface area (Å²) in [6.45, 7) is -1.71. The largest absolute Gasteiger partial charge is 0.413 e. The lowest BCUT2D eigenvalue weighted by atomic mass is 10.7. The fraction of sp³-hybridized carbons (Fsp3) is 0.500. The summed E-state index contributed by atoms with van der Waals surface area (Å²) in [6, 6.07) is 0. The van der Waals surface area contributed by atoms with E-state index in [0.29, 0.717) is 6.26 Å². The highest BCUT2D eigenvalue weighted by Crippen LogP contribution is 2.15. The number of rotatable bonds is 4. The number of halogens is 4. The molecule has 0 N–H and O–H groups in total. The first-order chi connectivity index (χ1) is 5.45. The summed E-state index contributed by atoms with van der Waals surface area (Å²) in [7, 11) is 0. The summed E-state index contributed by atoms with van der Waals surface area (Å²) < 4.78 is 62.7. The van der Waals surface area contributed by atoms with Crippen molar-refractivity contribution in [3.05, 3.63) is 12.6 Å². The molecular weight excluding hydrogens is 204 g/mol. The lowest BCUT2D eigenvalue weighted by Crippen LogP contribution is -2.18. The summed E-state index contributed by atoms with van der Waals surface area (Å²) in [5, 5.41) is 0. The molecule has 0 amide bonds. The van der Waals surface area contributed by atoms with Crippen LogP contribution in [0.25, 0.3) is 0 Å². The van der Waals surface area contributed by atoms with E-state index in [2.05, 4.69) is 8.37 Å². The van der Waals surface area contributed by atoms with E-state index >= 15 is 0 Å². The molecule has 0 bridgehead atoms. The molecular formula is C4H4F4O3S. The average molecular weight is 208 g/mol. The summed E-state index contributed by atoms with van der Waals surface area (Å²) >= 11 is -2.61. The van der Waals surface area contributed by atoms with Crippen LogP contribution in [-0.2, 0) is 19.7 Å². The first kappa shape index (κ1) is 11.4. The Morgan fingerprint density at radius 1 is 1.42 bits per heavy atom. The molecule has 0 saturated carbocycles. The van der Waals surface area contributed by atoms with E-state index in [-0.39, 0.29) is 6.33 Å². The van der Waals surface area contributed by atoms with Gasteiger partial charge in [0.15, 0.2) is 6.61 Å². The highest BCUT2D eigenvalue weighted by Gasteiger charge is 2.29. The summed E-state index contributed by atoms with van der Waals surface area (Å²) in [4.78, 5) is 0. The van der Waals surface area contributed by atoms with E-state index in [4.69, 9.17) is 0 Å². The molecule has 3 nitrogen and oxygen atoms in total. The predicted octanol–water partition coefficient (Wildman–Crippen LogP) is 1.60. The van der Waals surface area contributed by atoms with Crippen LogP contribution in [0.4, 0.5) is 17.6 Å². The van der Waals surface area contributed by atoms with Crippen LogP contribution in [-0.4, -0.2) is 17.0 Å². The normalized spacial score (nSPS) is 15.0. The maximum absolute atomic E-state index is 11.3. The van der Waals surface area contributed by atoms with Crippen LogP contribution >= 0.6 is 0 Å². The van der Waals surface area contributed by atoms with Crippen LogP contribution < -0.4 is 0 Å². The van der Waals surface area contributed by atoms with Crippen molar-refractivity contribution in [1.82, 2.24) is 0 Å². The SMILES string of the molecule is O=S(OC=CF)OCC(F)(F)F. The van der Waals surface area contributed by atoms with Crippen molar-refractivity contribution >= 4 is 11.4 Å². The summed E-state index contributed by atoms with van der Waals surface area (Å²) in [5.74, 6) is 0. The van der Waals surface area contributed by atoms with E-state index in [1.54, 1.807) is 0 Å². The fourth-order valence-corrected chi connectivity index (χ4v) is 0.627. The zero-order valence-electron chi connectivity index (χ0n) is 5.51. The van der Waals surface area contributed by atoms with Gasteiger partial charge in [-0.15, -0.1) is 0 Å². The Labute approximate surface area is 67.8 Å². The highest BCUT2D eigenvalue weighted by atomic mass is 32.2. The maximum Gasteiger partial charge on any atom is 0.413 e. The molecule has 1 unspecified atom stereocenters. The molecule has 0 aromatic rings. The van der Waals surface area contributed by atoms with Gasteiger partial charge in [-0.05, 0) is 0 Å². The minimum Gasteiger partial charge on any atom is -0.386 e. The van der Waals surface area contributed by atoms with E-state index < -0.39 is 24.1 Å². The fourth-order valence-electron chi connectivity index (χ4n) is 0.209. The van der Waals surface area contributed by atoms with Crippen LogP contribution in [0, 0.1) is 0 Å². The predicted molar refractivity (Wildman–Crippen MR) is 31.5 cm³/mol. The second-order valence-corrected chi connectivity index (χ2v) is 2.28. The molecule has 0 aliphatic carbocycles. The summed E-state index contributed by atoms with van der Waals surface area (Å²) in [5.41, 5.74) is 0. The molecule has 0 aromatic heterocycles. The maximum atomic E-state index is 11.3. The number of alkyl halides is 3. The Balaban J connectivity index is 3.58. The Morgan fingerprint density at radius 3 is 2.42 bits per heavy atom. The zero-order valence-corrected chi connectivity index (χ0v) is 6.32. The number of hydrogen-bond acceptors (Lipinski definition) is 3. The van der Waals surface area contributed by atoms with Gasteiger partial charge in [0.25, 0.3) is 0 Å².